The second-order valence-corrected chi connectivity index (χ2v) is 6.93. The molecule has 0 radical (unpaired) electrons. The lowest BCUT2D eigenvalue weighted by Crippen LogP contribution is -2.44. The van der Waals surface area contributed by atoms with Crippen molar-refractivity contribution in [2.24, 2.45) is 11.8 Å². The number of carbonyl (C=O) groups is 1. The predicted molar refractivity (Wildman–Crippen MR) is 91.2 cm³/mol. The summed E-state index contributed by atoms with van der Waals surface area (Å²) in [6.07, 6.45) is 5.51. The highest BCUT2D eigenvalue weighted by molar-refractivity contribution is 5.93. The molecular formula is C20H22O5. The molecule has 1 aromatic rings. The van der Waals surface area contributed by atoms with Crippen molar-refractivity contribution in [2.75, 3.05) is 13.6 Å². The fourth-order valence-electron chi connectivity index (χ4n) is 4.00. The third-order valence-corrected chi connectivity index (χ3v) is 5.40. The van der Waals surface area contributed by atoms with E-state index < -0.39 is 5.60 Å². The van der Waals surface area contributed by atoms with Gasteiger partial charge in [0.05, 0.1) is 0 Å². The molecule has 0 aromatic heterocycles. The maximum absolute atomic E-state index is 12.3. The number of rotatable bonds is 5. The van der Waals surface area contributed by atoms with Crippen LogP contribution in [0.3, 0.4) is 0 Å². The predicted octanol–water partition coefficient (Wildman–Crippen LogP) is 3.39. The van der Waals surface area contributed by atoms with Crippen LogP contribution in [-0.2, 0) is 20.7 Å². The van der Waals surface area contributed by atoms with Crippen LogP contribution in [0.2, 0.25) is 0 Å². The SMILES string of the molecule is C=CC[C@H]1C[C@]2([C@@H](C)Cc3ccc4c(c3)OCO4)OCOC2=CC1=O. The van der Waals surface area contributed by atoms with Gasteiger partial charge < -0.3 is 18.9 Å². The molecule has 2 aliphatic heterocycles. The van der Waals surface area contributed by atoms with Crippen molar-refractivity contribution in [3.63, 3.8) is 0 Å². The number of hydrogen-bond donors (Lipinski definition) is 0. The highest BCUT2D eigenvalue weighted by Gasteiger charge is 2.51. The fourth-order valence-corrected chi connectivity index (χ4v) is 4.00. The van der Waals surface area contributed by atoms with Crippen molar-refractivity contribution in [1.82, 2.24) is 0 Å². The first-order chi connectivity index (χ1) is 12.1. The normalized spacial score (nSPS) is 28.1. The van der Waals surface area contributed by atoms with Crippen molar-refractivity contribution in [1.29, 1.82) is 0 Å². The molecule has 0 spiro atoms. The molecule has 0 amide bonds. The molecule has 25 heavy (non-hydrogen) atoms. The Morgan fingerprint density at radius 2 is 2.12 bits per heavy atom. The van der Waals surface area contributed by atoms with Gasteiger partial charge in [0.15, 0.2) is 24.1 Å². The number of ether oxygens (including phenoxy) is 4. The largest absolute Gasteiger partial charge is 0.469 e. The quantitative estimate of drug-likeness (QED) is 0.768. The Morgan fingerprint density at radius 1 is 1.28 bits per heavy atom. The number of allylic oxidation sites excluding steroid dienone is 2. The van der Waals surface area contributed by atoms with E-state index in [1.807, 2.05) is 12.1 Å². The zero-order chi connectivity index (χ0) is 17.4. The minimum absolute atomic E-state index is 0.0952. The average Bonchev–Trinajstić information content (AvgIpc) is 3.22. The molecule has 1 fully saturated rings. The summed E-state index contributed by atoms with van der Waals surface area (Å²) in [5, 5.41) is 0. The van der Waals surface area contributed by atoms with E-state index in [1.54, 1.807) is 12.2 Å². The highest BCUT2D eigenvalue weighted by Crippen LogP contribution is 2.46. The van der Waals surface area contributed by atoms with Gasteiger partial charge in [-0.25, -0.2) is 0 Å². The van der Waals surface area contributed by atoms with Crippen LogP contribution in [0, 0.1) is 11.8 Å². The van der Waals surface area contributed by atoms with Gasteiger partial charge in [-0.15, -0.1) is 6.58 Å². The van der Waals surface area contributed by atoms with Crippen LogP contribution in [0.5, 0.6) is 11.5 Å². The second-order valence-electron chi connectivity index (χ2n) is 6.93. The molecule has 5 nitrogen and oxygen atoms in total. The molecule has 1 aliphatic carbocycles. The van der Waals surface area contributed by atoms with Crippen molar-refractivity contribution in [3.05, 3.63) is 48.3 Å². The molecule has 0 unspecified atom stereocenters. The standard InChI is InChI=1S/C20H22O5/c1-3-4-15-10-20(19(9-16(15)21)24-12-25-20)13(2)7-14-5-6-17-18(8-14)23-11-22-17/h3,5-6,8-9,13,15H,1,4,7,10-12H2,2H3/t13-,15-,20+/m0/s1. The first kappa shape index (κ1) is 16.2. The van der Waals surface area contributed by atoms with Crippen molar-refractivity contribution < 1.29 is 23.7 Å². The van der Waals surface area contributed by atoms with Gasteiger partial charge in [-0.3, -0.25) is 4.79 Å². The van der Waals surface area contributed by atoms with E-state index in [-0.39, 0.29) is 31.2 Å². The van der Waals surface area contributed by atoms with E-state index >= 15 is 0 Å². The molecule has 3 atom stereocenters. The van der Waals surface area contributed by atoms with Crippen LogP contribution in [0.4, 0.5) is 0 Å². The van der Waals surface area contributed by atoms with Gasteiger partial charge in [0.2, 0.25) is 6.79 Å². The van der Waals surface area contributed by atoms with E-state index in [0.717, 1.165) is 23.5 Å². The third kappa shape index (κ3) is 2.72. The van der Waals surface area contributed by atoms with Crippen molar-refractivity contribution >= 4 is 5.78 Å². The van der Waals surface area contributed by atoms with Crippen LogP contribution >= 0.6 is 0 Å². The van der Waals surface area contributed by atoms with E-state index in [2.05, 4.69) is 19.6 Å². The maximum atomic E-state index is 12.3. The Balaban J connectivity index is 1.59. The van der Waals surface area contributed by atoms with Crippen LogP contribution in [0.15, 0.2) is 42.7 Å². The fraction of sp³-hybridized carbons (Fsp3) is 0.450. The Morgan fingerprint density at radius 3 is 2.96 bits per heavy atom. The molecule has 0 bridgehead atoms. The van der Waals surface area contributed by atoms with Crippen molar-refractivity contribution in [2.45, 2.75) is 31.8 Å². The summed E-state index contributed by atoms with van der Waals surface area (Å²) in [5.41, 5.74) is 0.607. The molecule has 132 valence electrons. The minimum Gasteiger partial charge on any atom is -0.469 e. The van der Waals surface area contributed by atoms with Gasteiger partial charge >= 0.3 is 0 Å². The maximum Gasteiger partial charge on any atom is 0.231 e. The monoisotopic (exact) mass is 342 g/mol. The van der Waals surface area contributed by atoms with Gasteiger partial charge in [-0.1, -0.05) is 19.1 Å². The summed E-state index contributed by atoms with van der Waals surface area (Å²) in [4.78, 5) is 12.3. The van der Waals surface area contributed by atoms with Crippen molar-refractivity contribution in [3.8, 4) is 11.5 Å². The number of ketones is 1. The van der Waals surface area contributed by atoms with Gasteiger partial charge in [-0.2, -0.15) is 0 Å². The third-order valence-electron chi connectivity index (χ3n) is 5.40. The summed E-state index contributed by atoms with van der Waals surface area (Å²) in [7, 11) is 0. The highest BCUT2D eigenvalue weighted by atomic mass is 16.7. The number of hydrogen-bond acceptors (Lipinski definition) is 5. The van der Waals surface area contributed by atoms with Crippen LogP contribution in [-0.4, -0.2) is 25.0 Å². The average molecular weight is 342 g/mol. The smallest absolute Gasteiger partial charge is 0.231 e. The zero-order valence-corrected chi connectivity index (χ0v) is 14.3. The lowest BCUT2D eigenvalue weighted by Gasteiger charge is -2.38. The lowest BCUT2D eigenvalue weighted by atomic mass is 9.71. The minimum atomic E-state index is -0.544. The molecule has 0 N–H and O–H groups in total. The summed E-state index contributed by atoms with van der Waals surface area (Å²) < 4.78 is 22.5. The van der Waals surface area contributed by atoms with Gasteiger partial charge in [0.25, 0.3) is 0 Å². The van der Waals surface area contributed by atoms with Crippen LogP contribution in [0.25, 0.3) is 0 Å². The topological polar surface area (TPSA) is 54.0 Å². The molecule has 4 rings (SSSR count). The van der Waals surface area contributed by atoms with E-state index in [1.165, 1.54) is 0 Å². The first-order valence-corrected chi connectivity index (χ1v) is 8.64. The van der Waals surface area contributed by atoms with Crippen LogP contribution in [0.1, 0.15) is 25.3 Å². The Kier molecular flexibility index (Phi) is 4.04. The zero-order valence-electron chi connectivity index (χ0n) is 14.3. The molecule has 1 aromatic carbocycles. The second kappa shape index (κ2) is 6.23. The number of carbonyl (C=O) groups excluding carboxylic acids is 1. The van der Waals surface area contributed by atoms with Gasteiger partial charge in [0, 0.05) is 12.0 Å². The molecular weight excluding hydrogens is 320 g/mol. The molecule has 2 heterocycles. The number of fused-ring (bicyclic) bond motifs is 2. The molecule has 0 saturated carbocycles. The summed E-state index contributed by atoms with van der Waals surface area (Å²) >= 11 is 0. The lowest BCUT2D eigenvalue weighted by molar-refractivity contribution is -0.123. The Labute approximate surface area is 147 Å². The Bertz CT molecular complexity index is 738. The number of benzene rings is 1. The van der Waals surface area contributed by atoms with E-state index in [0.29, 0.717) is 18.6 Å². The molecule has 5 heteroatoms. The first-order valence-electron chi connectivity index (χ1n) is 8.64. The molecule has 3 aliphatic rings. The van der Waals surface area contributed by atoms with E-state index in [4.69, 9.17) is 18.9 Å². The van der Waals surface area contributed by atoms with E-state index in [9.17, 15) is 4.79 Å². The summed E-state index contributed by atoms with van der Waals surface area (Å²) in [6.45, 7) is 6.39. The van der Waals surface area contributed by atoms with Gasteiger partial charge in [0.1, 0.15) is 11.4 Å². The summed E-state index contributed by atoms with van der Waals surface area (Å²) in [6, 6.07) is 6.01. The molecule has 1 saturated heterocycles. The van der Waals surface area contributed by atoms with Crippen LogP contribution < -0.4 is 9.47 Å². The summed E-state index contributed by atoms with van der Waals surface area (Å²) in [5.74, 6) is 2.40. The Hall–Kier alpha value is -2.27. The van der Waals surface area contributed by atoms with Gasteiger partial charge in [-0.05, 0) is 42.9 Å².